The maximum absolute atomic E-state index is 2.87. The van der Waals surface area contributed by atoms with Crippen LogP contribution in [0.15, 0.2) is 12.4 Å². The maximum atomic E-state index is 2.87. The minimum atomic E-state index is 0.562. The molecule has 9 aliphatic rings. The van der Waals surface area contributed by atoms with Gasteiger partial charge in [0.2, 0.25) is 0 Å². The van der Waals surface area contributed by atoms with Crippen molar-refractivity contribution in [3.05, 3.63) is 12.4 Å². The molecule has 0 saturated heterocycles. The summed E-state index contributed by atoms with van der Waals surface area (Å²) in [5.74, 6) is 6.58. The van der Waals surface area contributed by atoms with Gasteiger partial charge in [0.05, 0.1) is 6.67 Å². The second-order valence-electron chi connectivity index (χ2n) is 12.0. The standard InChI is InChI=1S/C23H32N2/c1-2-25(22-11-19-6-18-7-20(12-22)23(18,19)13-22)14-24(1)21-8-15-3-16(9-21)5-17(4-15)10-21/h1-2,15-20H,3-14H2. The van der Waals surface area contributed by atoms with E-state index in [2.05, 4.69) is 22.2 Å². The van der Waals surface area contributed by atoms with Crippen LogP contribution in [0, 0.1) is 40.9 Å². The molecule has 2 nitrogen and oxygen atoms in total. The first-order valence-electron chi connectivity index (χ1n) is 11.4. The molecule has 6 bridgehead atoms. The van der Waals surface area contributed by atoms with E-state index < -0.39 is 0 Å². The lowest BCUT2D eigenvalue weighted by Crippen LogP contribution is -2.61. The van der Waals surface area contributed by atoms with Gasteiger partial charge in [-0.1, -0.05) is 0 Å². The molecule has 2 heteroatoms. The SMILES string of the molecule is C1=CN(C23CC4CC5CC(C2)C54C3)CN1C12CC3CC(CC(C3)C1)C2. The molecule has 0 aromatic carbocycles. The maximum Gasteiger partial charge on any atom is 0.0904 e. The van der Waals surface area contributed by atoms with Gasteiger partial charge in [-0.3, -0.25) is 0 Å². The van der Waals surface area contributed by atoms with Gasteiger partial charge < -0.3 is 9.80 Å². The van der Waals surface area contributed by atoms with E-state index in [1.54, 1.807) is 51.4 Å². The molecule has 0 amide bonds. The van der Waals surface area contributed by atoms with Gasteiger partial charge in [-0.05, 0) is 112 Å². The molecule has 1 aliphatic heterocycles. The van der Waals surface area contributed by atoms with Gasteiger partial charge >= 0.3 is 0 Å². The largest absolute Gasteiger partial charge is 0.353 e. The quantitative estimate of drug-likeness (QED) is 0.728. The second kappa shape index (κ2) is 3.80. The first kappa shape index (κ1) is 13.5. The van der Waals surface area contributed by atoms with Crippen LogP contribution in [0.5, 0.6) is 0 Å². The lowest BCUT2D eigenvalue weighted by Gasteiger charge is -2.66. The Labute approximate surface area is 152 Å². The second-order valence-corrected chi connectivity index (χ2v) is 12.0. The smallest absolute Gasteiger partial charge is 0.0904 e. The molecular weight excluding hydrogens is 304 g/mol. The molecule has 0 aromatic heterocycles. The summed E-state index contributed by atoms with van der Waals surface area (Å²) >= 11 is 0. The van der Waals surface area contributed by atoms with E-state index in [4.69, 9.17) is 0 Å². The van der Waals surface area contributed by atoms with E-state index in [-0.39, 0.29) is 0 Å². The third-order valence-corrected chi connectivity index (χ3v) is 11.3. The Kier molecular flexibility index (Phi) is 2.05. The molecule has 8 fully saturated rings. The van der Waals surface area contributed by atoms with Gasteiger partial charge in [-0.25, -0.2) is 0 Å². The van der Waals surface area contributed by atoms with Crippen LogP contribution >= 0.6 is 0 Å². The Balaban J connectivity index is 1.09. The lowest BCUT2D eigenvalue weighted by molar-refractivity contribution is -0.177. The fourth-order valence-electron chi connectivity index (χ4n) is 10.8. The van der Waals surface area contributed by atoms with Crippen LogP contribution in [0.4, 0.5) is 0 Å². The topological polar surface area (TPSA) is 6.48 Å². The van der Waals surface area contributed by atoms with Gasteiger partial charge in [-0.15, -0.1) is 0 Å². The highest BCUT2D eigenvalue weighted by Gasteiger charge is 2.78. The van der Waals surface area contributed by atoms with Crippen LogP contribution in [0.1, 0.15) is 70.6 Å². The minimum Gasteiger partial charge on any atom is -0.353 e. The Morgan fingerprint density at radius 2 is 1.16 bits per heavy atom. The van der Waals surface area contributed by atoms with E-state index in [9.17, 15) is 0 Å². The fraction of sp³-hybridized carbons (Fsp3) is 0.913. The van der Waals surface area contributed by atoms with Crippen molar-refractivity contribution in [3.63, 3.8) is 0 Å². The molecule has 2 atom stereocenters. The molecule has 8 saturated carbocycles. The molecule has 25 heavy (non-hydrogen) atoms. The van der Waals surface area contributed by atoms with Crippen LogP contribution in [0.3, 0.4) is 0 Å². The molecule has 1 heterocycles. The molecular formula is C23H32N2. The van der Waals surface area contributed by atoms with Crippen LogP contribution in [0.2, 0.25) is 0 Å². The first-order chi connectivity index (χ1) is 12.2. The molecule has 2 unspecified atom stereocenters. The Bertz CT molecular complexity index is 623. The number of rotatable bonds is 2. The Hall–Kier alpha value is -0.660. The number of nitrogens with zero attached hydrogens (tertiary/aromatic N) is 2. The lowest BCUT2D eigenvalue weighted by atomic mass is 9.38. The van der Waals surface area contributed by atoms with Crippen molar-refractivity contribution in [1.29, 1.82) is 0 Å². The predicted molar refractivity (Wildman–Crippen MR) is 97.3 cm³/mol. The summed E-state index contributed by atoms with van der Waals surface area (Å²) in [6.07, 6.45) is 22.2. The monoisotopic (exact) mass is 336 g/mol. The van der Waals surface area contributed by atoms with Crippen LogP contribution in [0.25, 0.3) is 0 Å². The summed E-state index contributed by atoms with van der Waals surface area (Å²) in [5, 5.41) is 0. The zero-order valence-corrected chi connectivity index (χ0v) is 15.5. The highest BCUT2D eigenvalue weighted by atomic mass is 15.4. The molecule has 134 valence electrons. The van der Waals surface area contributed by atoms with E-state index in [1.165, 1.54) is 25.9 Å². The summed E-state index contributed by atoms with van der Waals surface area (Å²) in [5.41, 5.74) is 2.00. The minimum absolute atomic E-state index is 0.562. The normalized spacial score (nSPS) is 64.6. The summed E-state index contributed by atoms with van der Waals surface area (Å²) in [6, 6.07) is 0. The average molecular weight is 337 g/mol. The zero-order valence-electron chi connectivity index (χ0n) is 15.5. The highest BCUT2D eigenvalue weighted by molar-refractivity contribution is 5.30. The highest BCUT2D eigenvalue weighted by Crippen LogP contribution is 2.83. The Morgan fingerprint density at radius 1 is 0.600 bits per heavy atom. The fourth-order valence-corrected chi connectivity index (χ4v) is 10.8. The molecule has 0 N–H and O–H groups in total. The third-order valence-electron chi connectivity index (χ3n) is 11.3. The van der Waals surface area contributed by atoms with Crippen LogP contribution in [-0.4, -0.2) is 27.5 Å². The summed E-state index contributed by atoms with van der Waals surface area (Å²) in [7, 11) is 0. The van der Waals surface area contributed by atoms with E-state index in [1.807, 2.05) is 0 Å². The van der Waals surface area contributed by atoms with Crippen molar-refractivity contribution in [2.75, 3.05) is 6.67 Å². The molecule has 0 radical (unpaired) electrons. The Morgan fingerprint density at radius 3 is 1.68 bits per heavy atom. The first-order valence-corrected chi connectivity index (χ1v) is 11.4. The number of fused-ring (bicyclic) bond motifs is 1. The van der Waals surface area contributed by atoms with Crippen molar-refractivity contribution >= 4 is 0 Å². The zero-order chi connectivity index (χ0) is 16.0. The van der Waals surface area contributed by atoms with Crippen molar-refractivity contribution in [1.82, 2.24) is 9.80 Å². The van der Waals surface area contributed by atoms with Gasteiger partial charge in [0.15, 0.2) is 0 Å². The van der Waals surface area contributed by atoms with E-state index in [0.717, 1.165) is 40.9 Å². The van der Waals surface area contributed by atoms with Gasteiger partial charge in [0.1, 0.15) is 0 Å². The summed E-state index contributed by atoms with van der Waals surface area (Å²) < 4.78 is 0. The van der Waals surface area contributed by atoms with Crippen molar-refractivity contribution in [3.8, 4) is 0 Å². The van der Waals surface area contributed by atoms with E-state index in [0.29, 0.717) is 11.1 Å². The predicted octanol–water partition coefficient (Wildman–Crippen LogP) is 4.58. The average Bonchev–Trinajstić information content (AvgIpc) is 3.22. The molecule has 9 rings (SSSR count). The summed E-state index contributed by atoms with van der Waals surface area (Å²) in [6.45, 7) is 1.24. The molecule has 1 spiro atoms. The van der Waals surface area contributed by atoms with Gasteiger partial charge in [0, 0.05) is 23.5 Å². The van der Waals surface area contributed by atoms with Crippen molar-refractivity contribution in [2.45, 2.75) is 81.7 Å². The third kappa shape index (κ3) is 1.33. The van der Waals surface area contributed by atoms with Crippen LogP contribution < -0.4 is 0 Å². The van der Waals surface area contributed by atoms with Crippen molar-refractivity contribution in [2.24, 2.45) is 40.9 Å². The van der Waals surface area contributed by atoms with Gasteiger partial charge in [0.25, 0.3) is 0 Å². The van der Waals surface area contributed by atoms with Gasteiger partial charge in [-0.2, -0.15) is 0 Å². The molecule has 8 aliphatic carbocycles. The van der Waals surface area contributed by atoms with Crippen LogP contribution in [-0.2, 0) is 0 Å². The number of hydrogen-bond donors (Lipinski definition) is 0. The van der Waals surface area contributed by atoms with E-state index >= 15 is 0 Å². The van der Waals surface area contributed by atoms with Crippen molar-refractivity contribution < 1.29 is 0 Å². The number of hydrogen-bond acceptors (Lipinski definition) is 2. The summed E-state index contributed by atoms with van der Waals surface area (Å²) in [4.78, 5) is 5.73. The molecule has 0 aromatic rings.